The van der Waals surface area contributed by atoms with Gasteiger partial charge in [0.25, 0.3) is 0 Å². The van der Waals surface area contributed by atoms with Crippen molar-refractivity contribution < 1.29 is 0 Å². The fourth-order valence-electron chi connectivity index (χ4n) is 1.58. The Balaban J connectivity index is 2.45. The smallest absolute Gasteiger partial charge is 0.0641 e. The zero-order valence-electron chi connectivity index (χ0n) is 9.65. The lowest BCUT2D eigenvalue weighted by Gasteiger charge is -2.15. The SMILES string of the molecule is CSCCCNC(CC#N)c1ccccc1. The quantitative estimate of drug-likeness (QED) is 0.737. The lowest BCUT2D eigenvalue weighted by molar-refractivity contribution is 0.542. The van der Waals surface area contributed by atoms with Crippen molar-refractivity contribution in [3.05, 3.63) is 35.9 Å². The standard InChI is InChI=1S/C13H18N2S/c1-16-11-5-10-15-13(8-9-14)12-6-3-2-4-7-12/h2-4,6-7,13,15H,5,8,10-11H2,1H3. The minimum atomic E-state index is 0.174. The Bertz CT molecular complexity index is 318. The molecule has 0 heterocycles. The maximum Gasteiger partial charge on any atom is 0.0641 e. The minimum Gasteiger partial charge on any atom is -0.309 e. The van der Waals surface area contributed by atoms with Crippen molar-refractivity contribution in [2.45, 2.75) is 18.9 Å². The average molecular weight is 234 g/mol. The van der Waals surface area contributed by atoms with Crippen LogP contribution in [0.15, 0.2) is 30.3 Å². The second-order valence-electron chi connectivity index (χ2n) is 3.63. The summed E-state index contributed by atoms with van der Waals surface area (Å²) in [7, 11) is 0. The van der Waals surface area contributed by atoms with Gasteiger partial charge in [-0.25, -0.2) is 0 Å². The van der Waals surface area contributed by atoms with Crippen LogP contribution in [-0.2, 0) is 0 Å². The van der Waals surface area contributed by atoms with Gasteiger partial charge in [-0.2, -0.15) is 17.0 Å². The van der Waals surface area contributed by atoms with Crippen molar-refractivity contribution in [1.29, 1.82) is 5.26 Å². The van der Waals surface area contributed by atoms with E-state index in [1.807, 2.05) is 30.0 Å². The van der Waals surface area contributed by atoms with Crippen LogP contribution in [0.4, 0.5) is 0 Å². The van der Waals surface area contributed by atoms with E-state index in [4.69, 9.17) is 5.26 Å². The molecule has 0 bridgehead atoms. The Morgan fingerprint density at radius 2 is 2.12 bits per heavy atom. The summed E-state index contributed by atoms with van der Waals surface area (Å²) in [5.41, 5.74) is 1.20. The first kappa shape index (κ1) is 13.1. The van der Waals surface area contributed by atoms with Crippen molar-refractivity contribution in [1.82, 2.24) is 5.32 Å². The summed E-state index contributed by atoms with van der Waals surface area (Å²) in [4.78, 5) is 0. The average Bonchev–Trinajstić information content (AvgIpc) is 2.34. The number of hydrogen-bond donors (Lipinski definition) is 1. The van der Waals surface area contributed by atoms with Gasteiger partial charge in [-0.15, -0.1) is 0 Å². The van der Waals surface area contributed by atoms with Crippen LogP contribution in [0.2, 0.25) is 0 Å². The van der Waals surface area contributed by atoms with E-state index in [0.29, 0.717) is 6.42 Å². The molecule has 0 saturated carbocycles. The van der Waals surface area contributed by atoms with E-state index in [1.54, 1.807) is 0 Å². The zero-order valence-corrected chi connectivity index (χ0v) is 10.5. The third-order valence-corrected chi connectivity index (χ3v) is 3.11. The van der Waals surface area contributed by atoms with E-state index in [9.17, 15) is 0 Å². The van der Waals surface area contributed by atoms with E-state index in [0.717, 1.165) is 13.0 Å². The normalized spacial score (nSPS) is 12.0. The maximum absolute atomic E-state index is 8.81. The fourth-order valence-corrected chi connectivity index (χ4v) is 2.01. The number of thioether (sulfide) groups is 1. The van der Waals surface area contributed by atoms with Crippen LogP contribution in [0.3, 0.4) is 0 Å². The second kappa shape index (κ2) is 8.20. The summed E-state index contributed by atoms with van der Waals surface area (Å²) < 4.78 is 0. The molecule has 1 atom stereocenters. The highest BCUT2D eigenvalue weighted by Crippen LogP contribution is 2.15. The molecule has 1 unspecified atom stereocenters. The molecule has 0 aliphatic heterocycles. The number of nitrogens with zero attached hydrogens (tertiary/aromatic N) is 1. The molecular weight excluding hydrogens is 216 g/mol. The van der Waals surface area contributed by atoms with Gasteiger partial charge in [0, 0.05) is 6.04 Å². The summed E-state index contributed by atoms with van der Waals surface area (Å²) in [6, 6.07) is 12.6. The first-order valence-corrected chi connectivity index (χ1v) is 6.92. The third kappa shape index (κ3) is 4.69. The summed E-state index contributed by atoms with van der Waals surface area (Å²) in [6.07, 6.45) is 3.79. The van der Waals surface area contributed by atoms with Crippen LogP contribution >= 0.6 is 11.8 Å². The van der Waals surface area contributed by atoms with Crippen molar-refractivity contribution in [3.63, 3.8) is 0 Å². The van der Waals surface area contributed by atoms with Crippen LogP contribution in [0.25, 0.3) is 0 Å². The highest BCUT2D eigenvalue weighted by atomic mass is 32.2. The molecule has 0 aliphatic carbocycles. The van der Waals surface area contributed by atoms with Gasteiger partial charge in [-0.05, 0) is 30.5 Å². The van der Waals surface area contributed by atoms with E-state index < -0.39 is 0 Å². The Labute approximate surface area is 102 Å². The van der Waals surface area contributed by atoms with Gasteiger partial charge in [0.1, 0.15) is 0 Å². The third-order valence-electron chi connectivity index (χ3n) is 2.41. The van der Waals surface area contributed by atoms with Crippen molar-refractivity contribution in [2.75, 3.05) is 18.6 Å². The molecule has 3 heteroatoms. The van der Waals surface area contributed by atoms with E-state index >= 15 is 0 Å². The molecule has 0 aliphatic rings. The molecule has 1 N–H and O–H groups in total. The molecule has 1 aromatic carbocycles. The second-order valence-corrected chi connectivity index (χ2v) is 4.61. The number of nitriles is 1. The Hall–Kier alpha value is -0.980. The van der Waals surface area contributed by atoms with Crippen molar-refractivity contribution in [2.24, 2.45) is 0 Å². The van der Waals surface area contributed by atoms with Gasteiger partial charge < -0.3 is 5.32 Å². The molecule has 0 amide bonds. The topological polar surface area (TPSA) is 35.8 Å². The number of rotatable bonds is 7. The van der Waals surface area contributed by atoms with E-state index in [-0.39, 0.29) is 6.04 Å². The van der Waals surface area contributed by atoms with Crippen molar-refractivity contribution in [3.8, 4) is 6.07 Å². The predicted molar refractivity (Wildman–Crippen MR) is 70.4 cm³/mol. The van der Waals surface area contributed by atoms with Gasteiger partial charge in [0.15, 0.2) is 0 Å². The first-order chi connectivity index (χ1) is 7.88. The zero-order chi connectivity index (χ0) is 11.6. The Kier molecular flexibility index (Phi) is 6.71. The maximum atomic E-state index is 8.81. The number of benzene rings is 1. The van der Waals surface area contributed by atoms with Crippen molar-refractivity contribution >= 4 is 11.8 Å². The van der Waals surface area contributed by atoms with Crippen LogP contribution in [0.1, 0.15) is 24.4 Å². The molecule has 1 rings (SSSR count). The first-order valence-electron chi connectivity index (χ1n) is 5.52. The fraction of sp³-hybridized carbons (Fsp3) is 0.462. The van der Waals surface area contributed by atoms with Gasteiger partial charge >= 0.3 is 0 Å². The van der Waals surface area contributed by atoms with Gasteiger partial charge in [0.05, 0.1) is 12.5 Å². The highest BCUT2D eigenvalue weighted by Gasteiger charge is 2.08. The van der Waals surface area contributed by atoms with E-state index in [1.165, 1.54) is 11.3 Å². The molecule has 0 radical (unpaired) electrons. The lowest BCUT2D eigenvalue weighted by atomic mass is 10.0. The molecule has 0 saturated heterocycles. The Morgan fingerprint density at radius 3 is 2.75 bits per heavy atom. The van der Waals surface area contributed by atoms with Crippen LogP contribution in [0, 0.1) is 11.3 Å². The molecule has 0 aromatic heterocycles. The summed E-state index contributed by atoms with van der Waals surface area (Å²) >= 11 is 1.86. The Morgan fingerprint density at radius 1 is 1.38 bits per heavy atom. The largest absolute Gasteiger partial charge is 0.309 e. The molecule has 1 aromatic rings. The molecule has 2 nitrogen and oxygen atoms in total. The molecule has 86 valence electrons. The molecule has 0 spiro atoms. The molecular formula is C13H18N2S. The summed E-state index contributed by atoms with van der Waals surface area (Å²) in [5, 5.41) is 12.2. The van der Waals surface area contributed by atoms with Gasteiger partial charge in [0.2, 0.25) is 0 Å². The minimum absolute atomic E-state index is 0.174. The van der Waals surface area contributed by atoms with Gasteiger partial charge in [-0.1, -0.05) is 30.3 Å². The van der Waals surface area contributed by atoms with Gasteiger partial charge in [-0.3, -0.25) is 0 Å². The van der Waals surface area contributed by atoms with E-state index in [2.05, 4.69) is 29.8 Å². The molecule has 16 heavy (non-hydrogen) atoms. The summed E-state index contributed by atoms with van der Waals surface area (Å²) in [5.74, 6) is 1.17. The molecule has 0 fully saturated rings. The number of hydrogen-bond acceptors (Lipinski definition) is 3. The van der Waals surface area contributed by atoms with Crippen LogP contribution in [-0.4, -0.2) is 18.6 Å². The number of nitrogens with one attached hydrogen (secondary N) is 1. The highest BCUT2D eigenvalue weighted by molar-refractivity contribution is 7.98. The van der Waals surface area contributed by atoms with Crippen LogP contribution < -0.4 is 5.32 Å². The predicted octanol–water partition coefficient (Wildman–Crippen LogP) is 2.98. The summed E-state index contributed by atoms with van der Waals surface area (Å²) in [6.45, 7) is 0.974. The van der Waals surface area contributed by atoms with Crippen LogP contribution in [0.5, 0.6) is 0 Å². The monoisotopic (exact) mass is 234 g/mol. The lowest BCUT2D eigenvalue weighted by Crippen LogP contribution is -2.22.